The number of piperazine rings is 1. The fourth-order valence-corrected chi connectivity index (χ4v) is 3.59. The molecule has 2 heterocycles. The lowest BCUT2D eigenvalue weighted by molar-refractivity contribution is 0.214. The van der Waals surface area contributed by atoms with Crippen molar-refractivity contribution in [3.63, 3.8) is 0 Å². The first-order valence-electron chi connectivity index (χ1n) is 8.86. The number of benzene rings is 1. The van der Waals surface area contributed by atoms with Crippen LogP contribution in [0.3, 0.4) is 0 Å². The van der Waals surface area contributed by atoms with Crippen molar-refractivity contribution in [1.29, 1.82) is 0 Å². The molecule has 2 aliphatic rings. The average molecular weight is 333 g/mol. The predicted octanol–water partition coefficient (Wildman–Crippen LogP) is 1.60. The molecular weight excluding hydrogens is 305 g/mol. The number of piperidine rings is 1. The maximum atomic E-state index is 13.0. The number of hydrogen-bond donors (Lipinski definition) is 1. The molecule has 2 N–H and O–H groups in total. The first-order chi connectivity index (χ1) is 11.6. The Hall–Kier alpha value is -1.82. The van der Waals surface area contributed by atoms with Crippen LogP contribution < -0.4 is 10.6 Å². The van der Waals surface area contributed by atoms with E-state index in [1.165, 1.54) is 31.5 Å². The Kier molecular flexibility index (Phi) is 5.56. The van der Waals surface area contributed by atoms with Gasteiger partial charge in [0.25, 0.3) is 0 Å². The molecule has 1 aromatic rings. The van der Waals surface area contributed by atoms with Crippen LogP contribution in [0.4, 0.5) is 10.1 Å². The predicted molar refractivity (Wildman–Crippen MR) is 96.9 cm³/mol. The molecule has 5 nitrogen and oxygen atoms in total. The number of hydrogen-bond acceptors (Lipinski definition) is 3. The summed E-state index contributed by atoms with van der Waals surface area (Å²) < 4.78 is 13.0. The Bertz CT molecular complexity index is 551. The van der Waals surface area contributed by atoms with Crippen LogP contribution >= 0.6 is 0 Å². The highest BCUT2D eigenvalue weighted by Gasteiger charge is 2.20. The molecule has 3 rings (SSSR count). The maximum absolute atomic E-state index is 13.0. The Morgan fingerprint density at radius 2 is 1.88 bits per heavy atom. The van der Waals surface area contributed by atoms with E-state index < -0.39 is 0 Å². The fourth-order valence-electron chi connectivity index (χ4n) is 3.59. The summed E-state index contributed by atoms with van der Waals surface area (Å²) in [4.78, 5) is 11.4. The monoisotopic (exact) mass is 333 g/mol. The second kappa shape index (κ2) is 7.83. The first kappa shape index (κ1) is 17.0. The molecule has 0 bridgehead atoms. The summed E-state index contributed by atoms with van der Waals surface area (Å²) >= 11 is 0. The van der Waals surface area contributed by atoms with Crippen LogP contribution in [0.5, 0.6) is 0 Å². The summed E-state index contributed by atoms with van der Waals surface area (Å²) in [7, 11) is 2.17. The molecule has 0 amide bonds. The summed E-state index contributed by atoms with van der Waals surface area (Å²) in [5, 5.41) is 0. The van der Waals surface area contributed by atoms with Crippen molar-refractivity contribution in [3.05, 3.63) is 30.1 Å². The van der Waals surface area contributed by atoms with E-state index in [-0.39, 0.29) is 5.82 Å². The van der Waals surface area contributed by atoms with Crippen LogP contribution in [-0.2, 0) is 0 Å². The van der Waals surface area contributed by atoms with E-state index >= 15 is 0 Å². The van der Waals surface area contributed by atoms with E-state index in [9.17, 15) is 4.39 Å². The lowest BCUT2D eigenvalue weighted by Crippen LogP contribution is -2.51. The lowest BCUT2D eigenvalue weighted by atomic mass is 9.99. The minimum atomic E-state index is -0.192. The minimum absolute atomic E-state index is 0.192. The molecule has 2 fully saturated rings. The molecule has 0 saturated carbocycles. The number of rotatable bonds is 3. The van der Waals surface area contributed by atoms with Crippen molar-refractivity contribution in [3.8, 4) is 0 Å². The SMILES string of the molecule is CN1CCCC(CN=C(N)N2CCN(c3ccc(F)cc3)CC2)C1. The fraction of sp³-hybridized carbons (Fsp3) is 0.611. The number of nitrogens with two attached hydrogens (primary N) is 1. The summed E-state index contributed by atoms with van der Waals surface area (Å²) in [6.07, 6.45) is 2.51. The quantitative estimate of drug-likeness (QED) is 0.674. The largest absolute Gasteiger partial charge is 0.370 e. The van der Waals surface area contributed by atoms with Gasteiger partial charge in [0.2, 0.25) is 0 Å². The smallest absolute Gasteiger partial charge is 0.191 e. The minimum Gasteiger partial charge on any atom is -0.370 e. The van der Waals surface area contributed by atoms with Gasteiger partial charge in [0.05, 0.1) is 0 Å². The Morgan fingerprint density at radius 1 is 1.17 bits per heavy atom. The Balaban J connectivity index is 1.48. The van der Waals surface area contributed by atoms with Crippen LogP contribution in [0.15, 0.2) is 29.3 Å². The molecule has 1 atom stereocenters. The molecule has 1 unspecified atom stereocenters. The van der Waals surface area contributed by atoms with Gasteiger partial charge in [-0.15, -0.1) is 0 Å². The topological polar surface area (TPSA) is 48.1 Å². The lowest BCUT2D eigenvalue weighted by Gasteiger charge is -2.37. The van der Waals surface area contributed by atoms with Crippen molar-refractivity contribution < 1.29 is 4.39 Å². The number of nitrogens with zero attached hydrogens (tertiary/aromatic N) is 4. The third-order valence-electron chi connectivity index (χ3n) is 5.03. The van der Waals surface area contributed by atoms with Gasteiger partial charge in [0.1, 0.15) is 5.82 Å². The van der Waals surface area contributed by atoms with Gasteiger partial charge in [0, 0.05) is 45.0 Å². The van der Waals surface area contributed by atoms with E-state index in [1.807, 2.05) is 12.1 Å². The van der Waals surface area contributed by atoms with Crippen molar-refractivity contribution in [2.45, 2.75) is 12.8 Å². The summed E-state index contributed by atoms with van der Waals surface area (Å²) in [6, 6.07) is 6.70. The molecule has 24 heavy (non-hydrogen) atoms. The van der Waals surface area contributed by atoms with E-state index in [0.29, 0.717) is 11.9 Å². The van der Waals surface area contributed by atoms with Crippen LogP contribution in [-0.4, -0.2) is 68.6 Å². The summed E-state index contributed by atoms with van der Waals surface area (Å²) in [5.74, 6) is 1.10. The van der Waals surface area contributed by atoms with Crippen molar-refractivity contribution >= 4 is 11.6 Å². The molecule has 0 spiro atoms. The molecule has 2 saturated heterocycles. The van der Waals surface area contributed by atoms with Gasteiger partial charge in [-0.05, 0) is 56.6 Å². The standard InChI is InChI=1S/C18H28FN5/c1-22-8-2-3-15(14-22)13-21-18(20)24-11-9-23(10-12-24)17-6-4-16(19)5-7-17/h4-7,15H,2-3,8-14H2,1H3,(H2,20,21). The summed E-state index contributed by atoms with van der Waals surface area (Å²) in [6.45, 7) is 6.63. The van der Waals surface area contributed by atoms with Crippen molar-refractivity contribution in [2.24, 2.45) is 16.6 Å². The van der Waals surface area contributed by atoms with E-state index in [1.54, 1.807) is 0 Å². The maximum Gasteiger partial charge on any atom is 0.191 e. The normalized spacial score (nSPS) is 23.6. The number of likely N-dealkylation sites (tertiary alicyclic amines) is 1. The highest BCUT2D eigenvalue weighted by Crippen LogP contribution is 2.17. The zero-order valence-electron chi connectivity index (χ0n) is 14.5. The Morgan fingerprint density at radius 3 is 2.54 bits per heavy atom. The van der Waals surface area contributed by atoms with Gasteiger partial charge in [-0.2, -0.15) is 0 Å². The molecule has 0 radical (unpaired) electrons. The molecule has 6 heteroatoms. The van der Waals surface area contributed by atoms with Gasteiger partial charge < -0.3 is 20.4 Å². The van der Waals surface area contributed by atoms with Crippen LogP contribution in [0.2, 0.25) is 0 Å². The zero-order valence-corrected chi connectivity index (χ0v) is 14.5. The first-order valence-corrected chi connectivity index (χ1v) is 8.86. The number of halogens is 1. The van der Waals surface area contributed by atoms with E-state index in [4.69, 9.17) is 5.73 Å². The number of guanidine groups is 1. The van der Waals surface area contributed by atoms with Crippen LogP contribution in [0.25, 0.3) is 0 Å². The Labute approximate surface area is 143 Å². The van der Waals surface area contributed by atoms with Gasteiger partial charge in [-0.1, -0.05) is 0 Å². The third kappa shape index (κ3) is 4.38. The molecule has 132 valence electrons. The zero-order chi connectivity index (χ0) is 16.9. The second-order valence-corrected chi connectivity index (χ2v) is 6.92. The number of anilines is 1. The highest BCUT2D eigenvalue weighted by atomic mass is 19.1. The van der Waals surface area contributed by atoms with Gasteiger partial charge >= 0.3 is 0 Å². The van der Waals surface area contributed by atoms with Crippen LogP contribution in [0, 0.1) is 11.7 Å². The van der Waals surface area contributed by atoms with Crippen LogP contribution in [0.1, 0.15) is 12.8 Å². The molecule has 0 aliphatic carbocycles. The van der Waals surface area contributed by atoms with E-state index in [2.05, 4.69) is 26.7 Å². The highest BCUT2D eigenvalue weighted by molar-refractivity contribution is 5.78. The molecule has 2 aliphatic heterocycles. The number of aliphatic imine (C=N–C) groups is 1. The van der Waals surface area contributed by atoms with Gasteiger partial charge in [-0.25, -0.2) is 4.39 Å². The summed E-state index contributed by atoms with van der Waals surface area (Å²) in [5.41, 5.74) is 7.26. The van der Waals surface area contributed by atoms with E-state index in [0.717, 1.165) is 45.0 Å². The average Bonchev–Trinajstić information content (AvgIpc) is 2.61. The molecule has 0 aromatic heterocycles. The third-order valence-corrected chi connectivity index (χ3v) is 5.03. The van der Waals surface area contributed by atoms with Crippen molar-refractivity contribution in [2.75, 3.05) is 57.8 Å². The molecule has 1 aromatic carbocycles. The molecular formula is C18H28FN5. The van der Waals surface area contributed by atoms with Crippen molar-refractivity contribution in [1.82, 2.24) is 9.80 Å². The van der Waals surface area contributed by atoms with Gasteiger partial charge in [-0.3, -0.25) is 4.99 Å². The van der Waals surface area contributed by atoms with Gasteiger partial charge in [0.15, 0.2) is 5.96 Å². The second-order valence-electron chi connectivity index (χ2n) is 6.92.